The third-order valence-electron chi connectivity index (χ3n) is 9.14. The zero-order valence-corrected chi connectivity index (χ0v) is 33.1. The van der Waals surface area contributed by atoms with Gasteiger partial charge in [-0.05, 0) is 88.1 Å². The molecule has 2 heterocycles. The topological polar surface area (TPSA) is 106 Å². The monoisotopic (exact) mass is 829 g/mol. The molecule has 1 fully saturated rings. The van der Waals surface area contributed by atoms with Crippen LogP contribution >= 0.6 is 46.6 Å². The fraction of sp³-hybridized carbons (Fsp3) is 0.143. The van der Waals surface area contributed by atoms with Gasteiger partial charge in [-0.1, -0.05) is 114 Å². The van der Waals surface area contributed by atoms with Gasteiger partial charge in [0.05, 0.1) is 33.4 Å². The molecule has 1 aliphatic rings. The number of hydrogen-bond acceptors (Lipinski definition) is 6. The van der Waals surface area contributed by atoms with Crippen molar-refractivity contribution in [2.45, 2.75) is 24.6 Å². The Balaban J connectivity index is 1.22. The Morgan fingerprint density at radius 3 is 2.13 bits per heavy atom. The van der Waals surface area contributed by atoms with Gasteiger partial charge in [-0.25, -0.2) is 13.1 Å². The maximum atomic E-state index is 13.4. The molecule has 1 aromatic heterocycles. The average Bonchev–Trinajstić information content (AvgIpc) is 3.64. The number of rotatable bonds is 14. The number of thioether (sulfide) groups is 1. The third kappa shape index (κ3) is 9.29. The second-order valence-corrected chi connectivity index (χ2v) is 16.9. The summed E-state index contributed by atoms with van der Waals surface area (Å²) in [4.78, 5) is 23.9. The van der Waals surface area contributed by atoms with Crippen molar-refractivity contribution in [3.8, 4) is 5.75 Å². The first kappa shape index (κ1) is 38.7. The largest absolute Gasteiger partial charge is 0.493 e. The van der Waals surface area contributed by atoms with E-state index in [0.717, 1.165) is 50.6 Å². The summed E-state index contributed by atoms with van der Waals surface area (Å²) in [5, 5.41) is 4.05. The van der Waals surface area contributed by atoms with Gasteiger partial charge >= 0.3 is 0 Å². The second kappa shape index (κ2) is 17.1. The molecule has 0 unspecified atom stereocenters. The van der Waals surface area contributed by atoms with Crippen molar-refractivity contribution in [2.24, 2.45) is 0 Å². The van der Waals surface area contributed by atoms with Crippen molar-refractivity contribution in [1.82, 2.24) is 14.6 Å². The lowest BCUT2D eigenvalue weighted by Gasteiger charge is -2.25. The summed E-state index contributed by atoms with van der Waals surface area (Å²) in [6.45, 7) is 0.451. The molecule has 0 saturated carbocycles. The normalized spacial score (nSPS) is 13.9. The minimum Gasteiger partial charge on any atom is -0.493 e. The number of amides is 2. The van der Waals surface area contributed by atoms with Gasteiger partial charge in [0.1, 0.15) is 5.75 Å². The van der Waals surface area contributed by atoms with Gasteiger partial charge in [-0.15, -0.1) is 0 Å². The number of imide groups is 1. The Labute approximate surface area is 338 Å². The molecule has 6 aromatic rings. The maximum Gasteiger partial charge on any atom is 0.290 e. The predicted octanol–water partition coefficient (Wildman–Crippen LogP) is 9.85. The summed E-state index contributed by atoms with van der Waals surface area (Å²) in [5.74, 6) is -0.0297. The van der Waals surface area contributed by atoms with Crippen LogP contribution in [0.5, 0.6) is 5.75 Å². The van der Waals surface area contributed by atoms with Gasteiger partial charge in [0.2, 0.25) is 10.0 Å². The smallest absolute Gasteiger partial charge is 0.290 e. The Morgan fingerprint density at radius 2 is 1.49 bits per heavy atom. The van der Waals surface area contributed by atoms with Crippen LogP contribution in [0.25, 0.3) is 17.0 Å². The lowest BCUT2D eigenvalue weighted by molar-refractivity contribution is -0.115. The molecule has 0 bridgehead atoms. The van der Waals surface area contributed by atoms with Crippen LogP contribution in [0.3, 0.4) is 0 Å². The molecule has 2 amide bonds. The van der Waals surface area contributed by atoms with Crippen molar-refractivity contribution in [3.63, 3.8) is 0 Å². The lowest BCUT2D eigenvalue weighted by atomic mass is 9.97. The van der Waals surface area contributed by atoms with Crippen molar-refractivity contribution in [1.29, 1.82) is 0 Å². The maximum absolute atomic E-state index is 13.4. The number of nitrogens with zero attached hydrogens (tertiary/aromatic N) is 1. The summed E-state index contributed by atoms with van der Waals surface area (Å²) in [6.07, 6.45) is 2.53. The van der Waals surface area contributed by atoms with E-state index in [2.05, 4.69) is 38.9 Å². The van der Waals surface area contributed by atoms with E-state index in [1.165, 1.54) is 0 Å². The number of carbonyl (C=O) groups is 2. The van der Waals surface area contributed by atoms with E-state index >= 15 is 0 Å². The molecule has 13 heteroatoms. The van der Waals surface area contributed by atoms with Crippen LogP contribution in [0.4, 0.5) is 4.79 Å². The predicted molar refractivity (Wildman–Crippen MR) is 223 cm³/mol. The molecular formula is C42H34Cl3N3O5S2. The molecule has 0 aliphatic carbocycles. The van der Waals surface area contributed by atoms with Crippen LogP contribution < -0.4 is 14.8 Å². The second-order valence-electron chi connectivity index (χ2n) is 12.9. The van der Waals surface area contributed by atoms with Crippen LogP contribution in [0.2, 0.25) is 15.1 Å². The highest BCUT2D eigenvalue weighted by atomic mass is 35.5. The van der Waals surface area contributed by atoms with E-state index < -0.39 is 21.2 Å². The molecule has 1 aliphatic heterocycles. The van der Waals surface area contributed by atoms with Gasteiger partial charge < -0.3 is 9.30 Å². The van der Waals surface area contributed by atoms with Crippen LogP contribution in [-0.2, 0) is 33.4 Å². The van der Waals surface area contributed by atoms with E-state index in [9.17, 15) is 18.0 Å². The molecule has 7 rings (SSSR count). The van der Waals surface area contributed by atoms with E-state index in [4.69, 9.17) is 39.5 Å². The first-order valence-electron chi connectivity index (χ1n) is 17.3. The van der Waals surface area contributed by atoms with Crippen molar-refractivity contribution >= 4 is 84.7 Å². The van der Waals surface area contributed by atoms with Crippen molar-refractivity contribution in [2.75, 3.05) is 13.2 Å². The number of halogens is 3. The highest BCUT2D eigenvalue weighted by molar-refractivity contribution is 8.18. The highest BCUT2D eigenvalue weighted by Gasteiger charge is 2.27. The van der Waals surface area contributed by atoms with Gasteiger partial charge in [0.25, 0.3) is 11.1 Å². The standard InChI is InChI=1S/C42H34Cl3N3O5S2/c43-31-14-18-37-34(25-31)33(20-22-53-32-15-11-27(12-16-32)24-39-41(49)47-42(50)54-39)38(19-21-46-55(51,52)26-28-13-17-35(44)36(45)23-28)48(37)40(29-7-3-1-4-8-29)30-9-5-2-6-10-30/h1-18,23-25,40,46H,19-22,26H2,(H,47,49,50)/b39-24-. The lowest BCUT2D eigenvalue weighted by Crippen LogP contribution is -2.28. The van der Waals surface area contributed by atoms with Crippen LogP contribution in [0.1, 0.15) is 39.6 Å². The molecule has 55 heavy (non-hydrogen) atoms. The summed E-state index contributed by atoms with van der Waals surface area (Å²) < 4.78 is 38.1. The van der Waals surface area contributed by atoms with Crippen molar-refractivity contribution in [3.05, 3.63) is 175 Å². The van der Waals surface area contributed by atoms with Gasteiger partial charge in [-0.2, -0.15) is 0 Å². The summed E-state index contributed by atoms with van der Waals surface area (Å²) in [5.41, 5.74) is 6.31. The summed E-state index contributed by atoms with van der Waals surface area (Å²) >= 11 is 19.8. The number of benzene rings is 5. The molecule has 1 saturated heterocycles. The highest BCUT2D eigenvalue weighted by Crippen LogP contribution is 2.38. The van der Waals surface area contributed by atoms with Crippen LogP contribution in [0, 0.1) is 0 Å². The van der Waals surface area contributed by atoms with Gasteiger partial charge in [0.15, 0.2) is 0 Å². The Morgan fingerprint density at radius 1 is 0.800 bits per heavy atom. The third-order valence-corrected chi connectivity index (χ3v) is 12.3. The SMILES string of the molecule is O=C1NC(=O)/C(=C/c2ccc(OCCc3c(CCNS(=O)(=O)Cc4ccc(Cl)c(Cl)c4)n(C(c4ccccc4)c4ccccc4)c4ccc(Cl)cc34)cc2)S1. The number of nitrogens with one attached hydrogen (secondary N) is 2. The van der Waals surface area contributed by atoms with Gasteiger partial charge in [0, 0.05) is 41.0 Å². The van der Waals surface area contributed by atoms with Crippen molar-refractivity contribution < 1.29 is 22.7 Å². The van der Waals surface area contributed by atoms with E-state index in [-0.39, 0.29) is 18.3 Å². The minimum atomic E-state index is -3.74. The summed E-state index contributed by atoms with van der Waals surface area (Å²) in [6, 6.07) is 38.1. The van der Waals surface area contributed by atoms with E-state index in [1.54, 1.807) is 24.3 Å². The Kier molecular flexibility index (Phi) is 12.0. The number of fused-ring (bicyclic) bond motifs is 1. The molecule has 0 atom stereocenters. The van der Waals surface area contributed by atoms with Crippen LogP contribution in [-0.4, -0.2) is 37.3 Å². The minimum absolute atomic E-state index is 0.136. The first-order valence-corrected chi connectivity index (χ1v) is 20.9. The molecule has 8 nitrogen and oxygen atoms in total. The fourth-order valence-electron chi connectivity index (χ4n) is 6.74. The van der Waals surface area contributed by atoms with E-state index in [1.807, 2.05) is 78.9 Å². The number of ether oxygens (including phenoxy) is 1. The molecular weight excluding hydrogens is 797 g/mol. The number of sulfonamides is 1. The molecule has 280 valence electrons. The molecule has 5 aromatic carbocycles. The molecule has 2 N–H and O–H groups in total. The summed E-state index contributed by atoms with van der Waals surface area (Å²) in [7, 11) is -3.74. The number of carbonyl (C=O) groups excluding carboxylic acids is 2. The van der Waals surface area contributed by atoms with Crippen LogP contribution in [0.15, 0.2) is 126 Å². The average molecular weight is 831 g/mol. The zero-order chi connectivity index (χ0) is 38.5. The molecule has 0 radical (unpaired) electrons. The Hall–Kier alpha value is -4.55. The first-order chi connectivity index (χ1) is 26.5. The fourth-order valence-corrected chi connectivity index (χ4v) is 9.05. The van der Waals surface area contributed by atoms with Gasteiger partial charge in [-0.3, -0.25) is 14.9 Å². The quantitative estimate of drug-likeness (QED) is 0.106. The zero-order valence-electron chi connectivity index (χ0n) is 29.2. The van der Waals surface area contributed by atoms with E-state index in [0.29, 0.717) is 50.7 Å². The Bertz CT molecular complexity index is 2470. The number of aromatic nitrogens is 1. The molecule has 0 spiro atoms. The number of hydrogen-bond donors (Lipinski definition) is 2.